The summed E-state index contributed by atoms with van der Waals surface area (Å²) in [4.78, 5) is 1.41. The third-order valence-electron chi connectivity index (χ3n) is 3.65. The van der Waals surface area contributed by atoms with E-state index in [9.17, 15) is 0 Å². The van der Waals surface area contributed by atoms with Crippen molar-refractivity contribution in [3.05, 3.63) is 29.8 Å². The van der Waals surface area contributed by atoms with Gasteiger partial charge in [-0.25, -0.2) is 0 Å². The van der Waals surface area contributed by atoms with Crippen molar-refractivity contribution in [3.8, 4) is 0 Å². The van der Waals surface area contributed by atoms with Gasteiger partial charge in [0.15, 0.2) is 0 Å². The van der Waals surface area contributed by atoms with Gasteiger partial charge in [-0.15, -0.1) is 11.8 Å². The van der Waals surface area contributed by atoms with E-state index >= 15 is 0 Å². The predicted molar refractivity (Wildman–Crippen MR) is 97.1 cm³/mol. The molecule has 0 heterocycles. The first-order valence-corrected chi connectivity index (χ1v) is 9.66. The molecule has 2 heteroatoms. The minimum atomic E-state index is 0.552. The van der Waals surface area contributed by atoms with Crippen molar-refractivity contribution in [3.63, 3.8) is 0 Å². The Morgan fingerprint density at radius 2 is 1.52 bits per heavy atom. The molecule has 0 aliphatic heterocycles. The Morgan fingerprint density at radius 1 is 0.905 bits per heavy atom. The van der Waals surface area contributed by atoms with Gasteiger partial charge < -0.3 is 5.32 Å². The number of hydrogen-bond donors (Lipinski definition) is 1. The Morgan fingerprint density at radius 3 is 2.14 bits per heavy atom. The quantitative estimate of drug-likeness (QED) is 0.374. The summed E-state index contributed by atoms with van der Waals surface area (Å²) in [5, 5.41) is 3.46. The van der Waals surface area contributed by atoms with Crippen molar-refractivity contribution in [2.75, 3.05) is 5.75 Å². The van der Waals surface area contributed by atoms with Gasteiger partial charge in [-0.2, -0.15) is 0 Å². The van der Waals surface area contributed by atoms with Crippen LogP contribution in [0, 0.1) is 0 Å². The van der Waals surface area contributed by atoms with Crippen LogP contribution >= 0.6 is 11.8 Å². The largest absolute Gasteiger partial charge is 0.310 e. The summed E-state index contributed by atoms with van der Waals surface area (Å²) in [6.07, 6.45) is 9.78. The van der Waals surface area contributed by atoms with Crippen LogP contribution in [0.3, 0.4) is 0 Å². The van der Waals surface area contributed by atoms with Crippen LogP contribution in [-0.2, 0) is 6.54 Å². The maximum atomic E-state index is 3.46. The highest BCUT2D eigenvalue weighted by Crippen LogP contribution is 2.20. The maximum Gasteiger partial charge on any atom is 0.0207 e. The SMILES string of the molecule is CCCCCCCCCSc1ccc(CNC(C)C)cc1. The Kier molecular flexibility index (Phi) is 10.7. The van der Waals surface area contributed by atoms with Gasteiger partial charge in [-0.1, -0.05) is 71.4 Å². The van der Waals surface area contributed by atoms with E-state index in [0.29, 0.717) is 6.04 Å². The Balaban J connectivity index is 2.07. The van der Waals surface area contributed by atoms with Gasteiger partial charge in [0.1, 0.15) is 0 Å². The number of unbranched alkanes of at least 4 members (excludes halogenated alkanes) is 6. The number of hydrogen-bond acceptors (Lipinski definition) is 2. The normalized spacial score (nSPS) is 11.2. The molecule has 21 heavy (non-hydrogen) atoms. The topological polar surface area (TPSA) is 12.0 Å². The minimum absolute atomic E-state index is 0.552. The zero-order valence-electron chi connectivity index (χ0n) is 14.2. The third kappa shape index (κ3) is 9.97. The first-order chi connectivity index (χ1) is 10.2. The van der Waals surface area contributed by atoms with Gasteiger partial charge in [0, 0.05) is 17.5 Å². The molecule has 0 spiro atoms. The average molecular weight is 308 g/mol. The van der Waals surface area contributed by atoms with E-state index in [1.807, 2.05) is 11.8 Å². The fraction of sp³-hybridized carbons (Fsp3) is 0.684. The highest BCUT2D eigenvalue weighted by molar-refractivity contribution is 7.99. The molecule has 0 unspecified atom stereocenters. The van der Waals surface area contributed by atoms with Crippen molar-refractivity contribution in [2.45, 2.75) is 83.2 Å². The third-order valence-corrected chi connectivity index (χ3v) is 4.75. The fourth-order valence-corrected chi connectivity index (χ4v) is 3.19. The molecule has 0 aromatic heterocycles. The van der Waals surface area contributed by atoms with E-state index in [0.717, 1.165) is 6.54 Å². The molecule has 1 rings (SSSR count). The molecule has 0 aliphatic carbocycles. The molecule has 0 saturated carbocycles. The van der Waals surface area contributed by atoms with E-state index in [4.69, 9.17) is 0 Å². The molecule has 0 radical (unpaired) electrons. The Labute approximate surface area is 136 Å². The first kappa shape index (κ1) is 18.6. The summed E-state index contributed by atoms with van der Waals surface area (Å²) >= 11 is 2.00. The molecule has 1 aromatic carbocycles. The molecule has 120 valence electrons. The monoisotopic (exact) mass is 307 g/mol. The predicted octanol–water partition coefficient (Wildman–Crippen LogP) is 6.03. The molecule has 1 nitrogen and oxygen atoms in total. The van der Waals surface area contributed by atoms with Gasteiger partial charge in [0.25, 0.3) is 0 Å². The van der Waals surface area contributed by atoms with Crippen LogP contribution in [0.15, 0.2) is 29.2 Å². The highest BCUT2D eigenvalue weighted by Gasteiger charge is 1.98. The summed E-state index contributed by atoms with van der Waals surface area (Å²) in [5.74, 6) is 1.26. The van der Waals surface area contributed by atoms with E-state index < -0.39 is 0 Å². The Bertz CT molecular complexity index is 345. The summed E-state index contributed by atoms with van der Waals surface area (Å²) < 4.78 is 0. The second kappa shape index (κ2) is 12.1. The molecule has 0 aliphatic rings. The van der Waals surface area contributed by atoms with Crippen LogP contribution in [0.25, 0.3) is 0 Å². The van der Waals surface area contributed by atoms with Gasteiger partial charge in [-0.05, 0) is 29.9 Å². The summed E-state index contributed by atoms with van der Waals surface area (Å²) in [6, 6.07) is 9.59. The van der Waals surface area contributed by atoms with Crippen LogP contribution < -0.4 is 5.32 Å². The van der Waals surface area contributed by atoms with E-state index in [1.165, 1.54) is 61.2 Å². The highest BCUT2D eigenvalue weighted by atomic mass is 32.2. The zero-order valence-corrected chi connectivity index (χ0v) is 15.0. The van der Waals surface area contributed by atoms with Gasteiger partial charge in [0.2, 0.25) is 0 Å². The lowest BCUT2D eigenvalue weighted by Gasteiger charge is -2.08. The van der Waals surface area contributed by atoms with Crippen molar-refractivity contribution in [2.24, 2.45) is 0 Å². The fourth-order valence-electron chi connectivity index (χ4n) is 2.27. The maximum absolute atomic E-state index is 3.46. The van der Waals surface area contributed by atoms with Crippen molar-refractivity contribution >= 4 is 11.8 Å². The lowest BCUT2D eigenvalue weighted by Crippen LogP contribution is -2.21. The second-order valence-electron chi connectivity index (χ2n) is 6.15. The van der Waals surface area contributed by atoms with Crippen molar-refractivity contribution in [1.29, 1.82) is 0 Å². The number of benzene rings is 1. The number of nitrogens with one attached hydrogen (secondary N) is 1. The van der Waals surface area contributed by atoms with Crippen LogP contribution in [0.5, 0.6) is 0 Å². The molecule has 0 bridgehead atoms. The van der Waals surface area contributed by atoms with Gasteiger partial charge in [0.05, 0.1) is 0 Å². The van der Waals surface area contributed by atoms with E-state index in [1.54, 1.807) is 0 Å². The standard InChI is InChI=1S/C19H33NS/c1-4-5-6-7-8-9-10-15-21-19-13-11-18(12-14-19)16-20-17(2)3/h11-14,17,20H,4-10,15-16H2,1-3H3. The van der Waals surface area contributed by atoms with Gasteiger partial charge in [-0.3, -0.25) is 0 Å². The van der Waals surface area contributed by atoms with E-state index in [-0.39, 0.29) is 0 Å². The van der Waals surface area contributed by atoms with Crippen LogP contribution in [-0.4, -0.2) is 11.8 Å². The lowest BCUT2D eigenvalue weighted by atomic mass is 10.1. The summed E-state index contributed by atoms with van der Waals surface area (Å²) in [6.45, 7) is 7.63. The molecule has 0 fully saturated rings. The summed E-state index contributed by atoms with van der Waals surface area (Å²) in [5.41, 5.74) is 1.38. The minimum Gasteiger partial charge on any atom is -0.310 e. The smallest absolute Gasteiger partial charge is 0.0207 e. The number of thioether (sulfide) groups is 1. The molecular formula is C19H33NS. The zero-order chi connectivity index (χ0) is 15.3. The van der Waals surface area contributed by atoms with Crippen molar-refractivity contribution in [1.82, 2.24) is 5.32 Å². The Hall–Kier alpha value is -0.470. The van der Waals surface area contributed by atoms with Crippen LogP contribution in [0.2, 0.25) is 0 Å². The second-order valence-corrected chi connectivity index (χ2v) is 7.32. The average Bonchev–Trinajstić information content (AvgIpc) is 2.49. The molecular weight excluding hydrogens is 274 g/mol. The molecule has 1 aromatic rings. The van der Waals surface area contributed by atoms with Gasteiger partial charge >= 0.3 is 0 Å². The number of rotatable bonds is 12. The lowest BCUT2D eigenvalue weighted by molar-refractivity contribution is 0.588. The molecule has 0 amide bonds. The van der Waals surface area contributed by atoms with Crippen LogP contribution in [0.4, 0.5) is 0 Å². The molecule has 0 saturated heterocycles. The first-order valence-electron chi connectivity index (χ1n) is 8.67. The molecule has 1 N–H and O–H groups in total. The van der Waals surface area contributed by atoms with E-state index in [2.05, 4.69) is 50.4 Å². The summed E-state index contributed by atoms with van der Waals surface area (Å²) in [7, 11) is 0. The molecule has 0 atom stereocenters. The van der Waals surface area contributed by atoms with Crippen molar-refractivity contribution < 1.29 is 0 Å². The van der Waals surface area contributed by atoms with Crippen LogP contribution in [0.1, 0.15) is 71.3 Å².